The molecular formula is C57H43N2O+. The van der Waals surface area contributed by atoms with Crippen LogP contribution in [0.25, 0.3) is 83.7 Å². The summed E-state index contributed by atoms with van der Waals surface area (Å²) in [6.07, 6.45) is 0. The highest BCUT2D eigenvalue weighted by atomic mass is 16.5. The molecule has 0 atom stereocenters. The molecular weight excluding hydrogens is 729 g/mol. The lowest BCUT2D eigenvalue weighted by Gasteiger charge is -2.13. The van der Waals surface area contributed by atoms with Crippen LogP contribution in [0.4, 0.5) is 0 Å². The van der Waals surface area contributed by atoms with Crippen LogP contribution in [0.1, 0.15) is 5.56 Å². The Hall–Kier alpha value is -7.75. The van der Waals surface area contributed by atoms with Crippen molar-refractivity contribution >= 4 is 11.0 Å². The van der Waals surface area contributed by atoms with Gasteiger partial charge in [-0.05, 0) is 111 Å². The van der Waals surface area contributed by atoms with Crippen molar-refractivity contribution in [2.75, 3.05) is 0 Å². The van der Waals surface area contributed by atoms with Crippen LogP contribution < -0.4 is 9.30 Å². The van der Waals surface area contributed by atoms with E-state index in [4.69, 9.17) is 4.74 Å². The summed E-state index contributed by atoms with van der Waals surface area (Å²) < 4.78 is 11.2. The highest BCUT2D eigenvalue weighted by Crippen LogP contribution is 2.38. The zero-order chi connectivity index (χ0) is 40.4. The van der Waals surface area contributed by atoms with Gasteiger partial charge in [0.1, 0.15) is 22.7 Å². The topological polar surface area (TPSA) is 18.0 Å². The van der Waals surface area contributed by atoms with Gasteiger partial charge in [-0.15, -0.1) is 0 Å². The van der Waals surface area contributed by atoms with Gasteiger partial charge in [0.25, 0.3) is 5.82 Å². The van der Waals surface area contributed by atoms with Crippen LogP contribution in [0, 0.1) is 6.92 Å². The molecule has 0 saturated heterocycles. The zero-order valence-corrected chi connectivity index (χ0v) is 33.7. The number of ether oxygens (including phenoxy) is 1. The first-order valence-corrected chi connectivity index (χ1v) is 20.5. The van der Waals surface area contributed by atoms with E-state index >= 15 is 0 Å². The van der Waals surface area contributed by atoms with Gasteiger partial charge in [-0.25, -0.2) is 4.57 Å². The van der Waals surface area contributed by atoms with E-state index in [1.807, 2.05) is 30.3 Å². The van der Waals surface area contributed by atoms with Crippen LogP contribution in [0.3, 0.4) is 0 Å². The fourth-order valence-corrected chi connectivity index (χ4v) is 8.34. The Balaban J connectivity index is 0.880. The van der Waals surface area contributed by atoms with Crippen molar-refractivity contribution in [3.63, 3.8) is 0 Å². The number of aromatic nitrogens is 2. The number of benzene rings is 9. The van der Waals surface area contributed by atoms with Gasteiger partial charge >= 0.3 is 0 Å². The summed E-state index contributed by atoms with van der Waals surface area (Å²) in [6.45, 7) is 2.15. The molecule has 0 aliphatic heterocycles. The molecule has 0 bridgehead atoms. The number of imidazole rings is 1. The Kier molecular flexibility index (Phi) is 9.69. The largest absolute Gasteiger partial charge is 0.456 e. The first-order valence-electron chi connectivity index (χ1n) is 20.5. The van der Waals surface area contributed by atoms with Gasteiger partial charge in [-0.3, -0.25) is 0 Å². The molecule has 0 aliphatic carbocycles. The maximum atomic E-state index is 6.54. The second kappa shape index (κ2) is 15.9. The van der Waals surface area contributed by atoms with Gasteiger partial charge < -0.3 is 4.74 Å². The summed E-state index contributed by atoms with van der Waals surface area (Å²) in [4.78, 5) is 0. The van der Waals surface area contributed by atoms with E-state index in [0.717, 1.165) is 45.2 Å². The fourth-order valence-electron chi connectivity index (χ4n) is 8.34. The number of para-hydroxylation sites is 3. The Morgan fingerprint density at radius 3 is 1.22 bits per heavy atom. The summed E-state index contributed by atoms with van der Waals surface area (Å²) in [6, 6.07) is 79.7. The number of aryl methyl sites for hydroxylation is 2. The normalized spacial score (nSPS) is 11.2. The van der Waals surface area contributed by atoms with Gasteiger partial charge in [0, 0.05) is 0 Å². The van der Waals surface area contributed by atoms with Crippen molar-refractivity contribution in [3.05, 3.63) is 230 Å². The summed E-state index contributed by atoms with van der Waals surface area (Å²) in [5.41, 5.74) is 17.6. The third-order valence-corrected chi connectivity index (χ3v) is 11.5. The summed E-state index contributed by atoms with van der Waals surface area (Å²) >= 11 is 0. The second-order valence-corrected chi connectivity index (χ2v) is 15.3. The molecule has 0 fully saturated rings. The van der Waals surface area contributed by atoms with E-state index in [1.165, 1.54) is 55.6 Å². The van der Waals surface area contributed by atoms with Crippen LogP contribution in [0.5, 0.6) is 11.5 Å². The molecule has 3 heteroatoms. The highest BCUT2D eigenvalue weighted by molar-refractivity contribution is 5.82. The van der Waals surface area contributed by atoms with Crippen molar-refractivity contribution in [3.8, 4) is 84.2 Å². The molecule has 0 unspecified atom stereocenters. The van der Waals surface area contributed by atoms with Gasteiger partial charge in [-0.2, -0.15) is 4.57 Å². The van der Waals surface area contributed by atoms with Crippen molar-refractivity contribution in [2.45, 2.75) is 6.92 Å². The molecule has 10 aromatic rings. The Morgan fingerprint density at radius 2 is 0.750 bits per heavy atom. The molecule has 0 radical (unpaired) electrons. The molecule has 60 heavy (non-hydrogen) atoms. The van der Waals surface area contributed by atoms with E-state index in [1.54, 1.807) is 0 Å². The lowest BCUT2D eigenvalue weighted by Crippen LogP contribution is -2.30. The quantitative estimate of drug-likeness (QED) is 0.134. The maximum Gasteiger partial charge on any atom is 0.298 e. The average Bonchev–Trinajstić information content (AvgIpc) is 3.61. The minimum Gasteiger partial charge on any atom is -0.456 e. The van der Waals surface area contributed by atoms with E-state index in [2.05, 4.69) is 217 Å². The molecule has 0 aliphatic rings. The van der Waals surface area contributed by atoms with E-state index in [-0.39, 0.29) is 0 Å². The first-order chi connectivity index (χ1) is 29.6. The first kappa shape index (κ1) is 36.6. The number of hydrogen-bond donors (Lipinski definition) is 0. The molecule has 286 valence electrons. The van der Waals surface area contributed by atoms with Crippen LogP contribution in [0.15, 0.2) is 224 Å². The molecule has 10 rings (SSSR count). The molecule has 0 saturated carbocycles. The SMILES string of the molecule is Cc1cccc(Oc2ccccc2)c1-c1n(-c2ccc(-c3ccc(-c4ccc(-c5ccc(-c6ccc(-c7ccccc7)cc6)cc5)cc4)cc3)cc2)c2ccccc2[n+]1C. The Labute approximate surface area is 351 Å². The number of fused-ring (bicyclic) bond motifs is 1. The highest BCUT2D eigenvalue weighted by Gasteiger charge is 2.29. The van der Waals surface area contributed by atoms with Crippen LogP contribution >= 0.6 is 0 Å². The lowest BCUT2D eigenvalue weighted by atomic mass is 9.96. The monoisotopic (exact) mass is 771 g/mol. The fraction of sp³-hybridized carbons (Fsp3) is 0.0351. The zero-order valence-electron chi connectivity index (χ0n) is 33.7. The number of hydrogen-bond acceptors (Lipinski definition) is 1. The average molecular weight is 772 g/mol. The van der Waals surface area contributed by atoms with Crippen LogP contribution in [-0.2, 0) is 7.05 Å². The van der Waals surface area contributed by atoms with Crippen LogP contribution in [-0.4, -0.2) is 4.57 Å². The van der Waals surface area contributed by atoms with Crippen LogP contribution in [0.2, 0.25) is 0 Å². The van der Waals surface area contributed by atoms with E-state index in [9.17, 15) is 0 Å². The molecule has 9 aromatic carbocycles. The van der Waals surface area contributed by atoms with Crippen molar-refractivity contribution in [1.29, 1.82) is 0 Å². The molecule has 3 nitrogen and oxygen atoms in total. The van der Waals surface area contributed by atoms with Gasteiger partial charge in [-0.1, -0.05) is 182 Å². The standard InChI is InChI=1S/C57H43N2O/c1-40-12-11-19-55(60-52-15-7-4-8-16-52)56(40)57-58(2)53-17-9-10-18-54(53)59(57)51-38-36-50(37-39-51)49-34-32-48(33-35-49)47-30-28-46(29-31-47)45-26-24-44(25-27-45)43-22-20-42(21-23-43)41-13-5-3-6-14-41/h3-39H,1-2H3/q+1. The predicted molar refractivity (Wildman–Crippen MR) is 248 cm³/mol. The molecule has 1 heterocycles. The minimum absolute atomic E-state index is 0.811. The second-order valence-electron chi connectivity index (χ2n) is 15.3. The maximum absolute atomic E-state index is 6.54. The summed E-state index contributed by atoms with van der Waals surface area (Å²) in [5, 5.41) is 0. The van der Waals surface area contributed by atoms with Crippen molar-refractivity contribution < 1.29 is 9.30 Å². The molecule has 1 aromatic heterocycles. The Bertz CT molecular complexity index is 3060. The minimum atomic E-state index is 0.811. The smallest absolute Gasteiger partial charge is 0.298 e. The molecule has 0 N–H and O–H groups in total. The van der Waals surface area contributed by atoms with Gasteiger partial charge in [0.2, 0.25) is 0 Å². The molecule has 0 spiro atoms. The van der Waals surface area contributed by atoms with Crippen molar-refractivity contribution in [2.24, 2.45) is 7.05 Å². The van der Waals surface area contributed by atoms with Gasteiger partial charge in [0.15, 0.2) is 11.0 Å². The third kappa shape index (κ3) is 7.08. The van der Waals surface area contributed by atoms with E-state index in [0.29, 0.717) is 0 Å². The number of nitrogens with zero attached hydrogens (tertiary/aromatic N) is 2. The van der Waals surface area contributed by atoms with Gasteiger partial charge in [0.05, 0.1) is 7.05 Å². The Morgan fingerprint density at radius 1 is 0.367 bits per heavy atom. The summed E-state index contributed by atoms with van der Waals surface area (Å²) in [5.74, 6) is 2.69. The predicted octanol–water partition coefficient (Wildman–Crippen LogP) is 14.6. The lowest BCUT2D eigenvalue weighted by molar-refractivity contribution is -0.633. The van der Waals surface area contributed by atoms with Crippen molar-refractivity contribution in [1.82, 2.24) is 4.57 Å². The van der Waals surface area contributed by atoms with E-state index < -0.39 is 0 Å². The molecule has 0 amide bonds. The third-order valence-electron chi connectivity index (χ3n) is 11.5. The number of rotatable bonds is 9. The summed E-state index contributed by atoms with van der Waals surface area (Å²) in [7, 11) is 2.14.